The normalized spacial score (nSPS) is 12.9. The van der Waals surface area contributed by atoms with Crippen LogP contribution in [0, 0.1) is 0 Å². The molecule has 1 aromatic rings. The Morgan fingerprint density at radius 3 is 2.06 bits per heavy atom. The number of ether oxygens (including phenoxy) is 1. The van der Waals surface area contributed by atoms with Gasteiger partial charge in [-0.3, -0.25) is 0 Å². The monoisotopic (exact) mass is 254 g/mol. The molecule has 1 aromatic heterocycles. The summed E-state index contributed by atoms with van der Waals surface area (Å²) in [6, 6.07) is 0. The molecule has 4 heteroatoms. The molecule has 0 saturated carbocycles. The van der Waals surface area contributed by atoms with Crippen molar-refractivity contribution in [1.29, 1.82) is 0 Å². The van der Waals surface area contributed by atoms with Gasteiger partial charge in [-0.25, -0.2) is 4.68 Å². The summed E-state index contributed by atoms with van der Waals surface area (Å²) in [7, 11) is 1.66. The minimum Gasteiger partial charge on any atom is -0.481 e. The second-order valence-corrected chi connectivity index (χ2v) is 6.64. The molecule has 0 unspecified atom stereocenters. The molecule has 104 valence electrons. The first kappa shape index (κ1) is 15.0. The highest BCUT2D eigenvalue weighted by Gasteiger charge is 2.30. The van der Waals surface area contributed by atoms with Crippen molar-refractivity contribution in [3.05, 3.63) is 11.3 Å². The average Bonchev–Trinajstić information content (AvgIpc) is 2.56. The largest absolute Gasteiger partial charge is 0.481 e. The van der Waals surface area contributed by atoms with E-state index in [1.54, 1.807) is 7.11 Å². The van der Waals surface area contributed by atoms with Gasteiger partial charge in [0.2, 0.25) is 5.88 Å². The van der Waals surface area contributed by atoms with Crippen molar-refractivity contribution >= 4 is 0 Å². The minimum absolute atomic E-state index is 0.0612. The summed E-state index contributed by atoms with van der Waals surface area (Å²) in [5.74, 6) is 0.765. The second kappa shape index (κ2) is 4.92. The van der Waals surface area contributed by atoms with Crippen LogP contribution in [0.15, 0.2) is 0 Å². The van der Waals surface area contributed by atoms with Crippen LogP contribution in [0.4, 0.5) is 0 Å². The van der Waals surface area contributed by atoms with E-state index in [9.17, 15) is 5.11 Å². The SMILES string of the molecule is COc1c(CCO)c(C(C)(C)C)nn1C(C)(C)C. The molecule has 0 aromatic carbocycles. The molecule has 0 bridgehead atoms. The van der Waals surface area contributed by atoms with Gasteiger partial charge in [-0.05, 0) is 20.8 Å². The molecule has 0 aliphatic rings. The van der Waals surface area contributed by atoms with E-state index in [2.05, 4.69) is 41.5 Å². The van der Waals surface area contributed by atoms with Gasteiger partial charge >= 0.3 is 0 Å². The molecule has 0 spiro atoms. The molecule has 0 aliphatic heterocycles. The lowest BCUT2D eigenvalue weighted by Gasteiger charge is -2.22. The first-order valence-electron chi connectivity index (χ1n) is 6.40. The van der Waals surface area contributed by atoms with Crippen molar-refractivity contribution in [2.45, 2.75) is 58.9 Å². The predicted molar refractivity (Wildman–Crippen MR) is 73.3 cm³/mol. The molecule has 1 heterocycles. The summed E-state index contributed by atoms with van der Waals surface area (Å²) in [4.78, 5) is 0. The highest BCUT2D eigenvalue weighted by Crippen LogP contribution is 2.34. The van der Waals surface area contributed by atoms with Crippen LogP contribution in [0.2, 0.25) is 0 Å². The molecule has 18 heavy (non-hydrogen) atoms. The van der Waals surface area contributed by atoms with Gasteiger partial charge in [-0.1, -0.05) is 20.8 Å². The van der Waals surface area contributed by atoms with Gasteiger partial charge in [0.1, 0.15) is 0 Å². The average molecular weight is 254 g/mol. The number of methoxy groups -OCH3 is 1. The van der Waals surface area contributed by atoms with E-state index < -0.39 is 0 Å². The predicted octanol–water partition coefficient (Wildman–Crippen LogP) is 2.48. The first-order chi connectivity index (χ1) is 8.12. The van der Waals surface area contributed by atoms with Crippen molar-refractivity contribution in [3.63, 3.8) is 0 Å². The van der Waals surface area contributed by atoms with Crippen LogP contribution in [0.25, 0.3) is 0 Å². The van der Waals surface area contributed by atoms with Crippen LogP contribution in [-0.4, -0.2) is 28.6 Å². The van der Waals surface area contributed by atoms with Gasteiger partial charge in [0, 0.05) is 24.0 Å². The Morgan fingerprint density at radius 2 is 1.72 bits per heavy atom. The van der Waals surface area contributed by atoms with Crippen molar-refractivity contribution < 1.29 is 9.84 Å². The summed E-state index contributed by atoms with van der Waals surface area (Å²) in [5.41, 5.74) is 1.82. The number of aliphatic hydroxyl groups is 1. The van der Waals surface area contributed by atoms with Crippen molar-refractivity contribution in [2.75, 3.05) is 13.7 Å². The Hall–Kier alpha value is -1.03. The number of hydrogen-bond acceptors (Lipinski definition) is 3. The first-order valence-corrected chi connectivity index (χ1v) is 6.40. The molecule has 1 N–H and O–H groups in total. The maximum atomic E-state index is 9.25. The molecule has 1 rings (SSSR count). The van der Waals surface area contributed by atoms with E-state index in [-0.39, 0.29) is 17.6 Å². The van der Waals surface area contributed by atoms with Crippen LogP contribution in [0.3, 0.4) is 0 Å². The van der Waals surface area contributed by atoms with E-state index in [4.69, 9.17) is 9.84 Å². The van der Waals surface area contributed by atoms with Gasteiger partial charge in [-0.15, -0.1) is 0 Å². The number of aromatic nitrogens is 2. The Labute approximate surface area is 110 Å². The Bertz CT molecular complexity index is 409. The van der Waals surface area contributed by atoms with Crippen LogP contribution in [0.5, 0.6) is 5.88 Å². The van der Waals surface area contributed by atoms with Crippen LogP contribution in [0.1, 0.15) is 52.8 Å². The third-order valence-electron chi connectivity index (χ3n) is 2.84. The summed E-state index contributed by atoms with van der Waals surface area (Å²) in [6.45, 7) is 12.8. The minimum atomic E-state index is -0.140. The van der Waals surface area contributed by atoms with Crippen molar-refractivity contribution in [3.8, 4) is 5.88 Å². The number of rotatable bonds is 3. The summed E-state index contributed by atoms with van der Waals surface area (Å²) < 4.78 is 7.44. The Balaban J connectivity index is 3.49. The van der Waals surface area contributed by atoms with Crippen LogP contribution >= 0.6 is 0 Å². The van der Waals surface area contributed by atoms with Gasteiger partial charge in [0.05, 0.1) is 18.3 Å². The molecule has 4 nitrogen and oxygen atoms in total. The Kier molecular flexibility index (Phi) is 4.11. The van der Waals surface area contributed by atoms with E-state index in [0.717, 1.165) is 17.1 Å². The summed E-state index contributed by atoms with van der Waals surface area (Å²) >= 11 is 0. The van der Waals surface area contributed by atoms with E-state index in [1.807, 2.05) is 4.68 Å². The molecule has 0 amide bonds. The fourth-order valence-corrected chi connectivity index (χ4v) is 2.04. The van der Waals surface area contributed by atoms with Gasteiger partial charge in [0.25, 0.3) is 0 Å². The van der Waals surface area contributed by atoms with Crippen molar-refractivity contribution in [1.82, 2.24) is 9.78 Å². The maximum Gasteiger partial charge on any atom is 0.215 e. The highest BCUT2D eigenvalue weighted by atomic mass is 16.5. The third-order valence-corrected chi connectivity index (χ3v) is 2.84. The van der Waals surface area contributed by atoms with E-state index in [0.29, 0.717) is 6.42 Å². The zero-order valence-corrected chi connectivity index (χ0v) is 12.7. The summed E-state index contributed by atoms with van der Waals surface area (Å²) in [6.07, 6.45) is 0.575. The topological polar surface area (TPSA) is 47.3 Å². The quantitative estimate of drug-likeness (QED) is 0.901. The van der Waals surface area contributed by atoms with E-state index >= 15 is 0 Å². The fourth-order valence-electron chi connectivity index (χ4n) is 2.04. The lowest BCUT2D eigenvalue weighted by molar-refractivity contribution is 0.273. The van der Waals surface area contributed by atoms with Gasteiger partial charge in [-0.2, -0.15) is 5.10 Å². The fraction of sp³-hybridized carbons (Fsp3) is 0.786. The highest BCUT2D eigenvalue weighted by molar-refractivity contribution is 5.36. The summed E-state index contributed by atoms with van der Waals surface area (Å²) in [5, 5.41) is 14.0. The third kappa shape index (κ3) is 2.86. The number of aliphatic hydroxyl groups excluding tert-OH is 1. The smallest absolute Gasteiger partial charge is 0.215 e. The Morgan fingerprint density at radius 1 is 1.17 bits per heavy atom. The standard InChI is InChI=1S/C14H26N2O2/c1-13(2,3)11-10(8-9-17)12(18-7)16(15-11)14(4,5)6/h17H,8-9H2,1-7H3. The molecule has 0 fully saturated rings. The molecule has 0 saturated heterocycles. The second-order valence-electron chi connectivity index (χ2n) is 6.64. The molecule has 0 radical (unpaired) electrons. The van der Waals surface area contributed by atoms with Gasteiger partial charge < -0.3 is 9.84 Å². The zero-order chi connectivity index (χ0) is 14.1. The van der Waals surface area contributed by atoms with Gasteiger partial charge in [0.15, 0.2) is 0 Å². The zero-order valence-electron chi connectivity index (χ0n) is 12.7. The van der Waals surface area contributed by atoms with E-state index in [1.165, 1.54) is 0 Å². The number of nitrogens with zero attached hydrogens (tertiary/aromatic N) is 2. The maximum absolute atomic E-state index is 9.25. The lowest BCUT2D eigenvalue weighted by Crippen LogP contribution is -2.24. The lowest BCUT2D eigenvalue weighted by atomic mass is 9.88. The number of hydrogen-bond donors (Lipinski definition) is 1. The molecular weight excluding hydrogens is 228 g/mol. The molecule has 0 aliphatic carbocycles. The van der Waals surface area contributed by atoms with Crippen LogP contribution in [-0.2, 0) is 17.4 Å². The van der Waals surface area contributed by atoms with Crippen molar-refractivity contribution in [2.24, 2.45) is 0 Å². The van der Waals surface area contributed by atoms with Crippen LogP contribution < -0.4 is 4.74 Å². The molecular formula is C14H26N2O2. The molecule has 0 atom stereocenters.